The van der Waals surface area contributed by atoms with Gasteiger partial charge in [0, 0.05) is 6.07 Å². The van der Waals surface area contributed by atoms with Crippen LogP contribution in [0.1, 0.15) is 14.6 Å². The normalized spacial score (nSPS) is 13.3. The van der Waals surface area contributed by atoms with Crippen molar-refractivity contribution in [2.24, 2.45) is 0 Å². The highest BCUT2D eigenvalue weighted by Crippen LogP contribution is 2.23. The van der Waals surface area contributed by atoms with Gasteiger partial charge in [-0.15, -0.1) is 0 Å². The lowest BCUT2D eigenvalue weighted by atomic mass is 10.3. The molecule has 1 aromatic heterocycles. The Kier molecular flexibility index (Phi) is 2.08. The summed E-state index contributed by atoms with van der Waals surface area (Å²) in [7, 11) is -1.82. The van der Waals surface area contributed by atoms with Gasteiger partial charge >= 0.3 is 11.7 Å². The van der Waals surface area contributed by atoms with E-state index in [-0.39, 0.29) is 5.69 Å². The number of esters is 1. The minimum atomic E-state index is -2.91. The molecule has 0 N–H and O–H groups in total. The van der Waals surface area contributed by atoms with Crippen molar-refractivity contribution < 1.29 is 23.3 Å². The molecule has 0 aromatic carbocycles. The third-order valence-corrected chi connectivity index (χ3v) is 1.53. The van der Waals surface area contributed by atoms with Crippen LogP contribution in [-0.2, 0) is 4.74 Å². The van der Waals surface area contributed by atoms with Crippen molar-refractivity contribution in [3.8, 4) is 5.88 Å². The smallest absolute Gasteiger partial charge is 0.356 e. The van der Waals surface area contributed by atoms with Crippen LogP contribution in [0.3, 0.4) is 0 Å². The van der Waals surface area contributed by atoms with Crippen LogP contribution >= 0.6 is 0 Å². The Morgan fingerprint density at radius 1 is 1.67 bits per heavy atom. The van der Waals surface area contributed by atoms with Crippen LogP contribution in [0, 0.1) is 10.1 Å². The summed E-state index contributed by atoms with van der Waals surface area (Å²) in [6.45, 7) is 0. The van der Waals surface area contributed by atoms with Gasteiger partial charge in [-0.25, -0.2) is 9.78 Å². The van der Waals surface area contributed by atoms with Crippen molar-refractivity contribution in [2.45, 2.75) is 0 Å². The second kappa shape index (κ2) is 4.36. The molecule has 0 bridgehead atoms. The second-order valence-electron chi connectivity index (χ2n) is 2.37. The number of hydrogen-bond donors (Lipinski definition) is 0. The van der Waals surface area contributed by atoms with Crippen LogP contribution in [0.15, 0.2) is 12.1 Å². The first-order valence-electron chi connectivity index (χ1n) is 5.17. The van der Waals surface area contributed by atoms with Gasteiger partial charge in [0.1, 0.15) is 0 Å². The molecule has 0 saturated heterocycles. The van der Waals surface area contributed by atoms with Crippen LogP contribution in [-0.4, -0.2) is 30.0 Å². The monoisotopic (exact) mass is 215 g/mol. The van der Waals surface area contributed by atoms with Gasteiger partial charge in [-0.05, 0) is 6.07 Å². The number of rotatable bonds is 3. The van der Waals surface area contributed by atoms with Crippen molar-refractivity contribution in [1.82, 2.24) is 4.98 Å². The first kappa shape index (κ1) is 7.16. The van der Waals surface area contributed by atoms with E-state index in [0.29, 0.717) is 0 Å². The fourth-order valence-electron chi connectivity index (χ4n) is 0.865. The van der Waals surface area contributed by atoms with Crippen molar-refractivity contribution in [2.75, 3.05) is 14.1 Å². The van der Waals surface area contributed by atoms with Gasteiger partial charge in [-0.1, -0.05) is 0 Å². The van der Waals surface area contributed by atoms with Crippen molar-refractivity contribution in [3.63, 3.8) is 0 Å². The number of nitrogens with zero attached hydrogens (tertiary/aromatic N) is 2. The molecule has 1 aromatic rings. The Hall–Kier alpha value is -2.18. The first-order chi connectivity index (χ1) is 8.24. The van der Waals surface area contributed by atoms with Gasteiger partial charge in [0.25, 0.3) is 5.88 Å². The SMILES string of the molecule is [2H]C([2H])([2H])Oc1nc(C(=O)OC)ccc1[N+](=O)[O-]. The molecule has 7 nitrogen and oxygen atoms in total. The number of carbonyl (C=O) groups excluding carboxylic acids is 1. The summed E-state index contributed by atoms with van der Waals surface area (Å²) in [5, 5.41) is 10.6. The Balaban J connectivity index is 3.24. The third kappa shape index (κ3) is 2.19. The molecule has 0 fully saturated rings. The maximum Gasteiger partial charge on any atom is 0.356 e. The molecule has 0 aliphatic carbocycles. The zero-order chi connectivity index (χ0) is 13.9. The molecule has 0 unspecified atom stereocenters. The molecule has 0 atom stereocenters. The van der Waals surface area contributed by atoms with Crippen molar-refractivity contribution in [3.05, 3.63) is 27.9 Å². The summed E-state index contributed by atoms with van der Waals surface area (Å²) in [5.74, 6) is -1.62. The van der Waals surface area contributed by atoms with E-state index >= 15 is 0 Å². The zero-order valence-corrected chi connectivity index (χ0v) is 7.59. The lowest BCUT2D eigenvalue weighted by Gasteiger charge is -2.02. The summed E-state index contributed by atoms with van der Waals surface area (Å²) in [4.78, 5) is 24.4. The van der Waals surface area contributed by atoms with E-state index in [0.717, 1.165) is 19.2 Å². The molecule has 0 amide bonds. The van der Waals surface area contributed by atoms with Crippen LogP contribution in [0.25, 0.3) is 0 Å². The summed E-state index contributed by atoms with van der Waals surface area (Å²) < 4.78 is 29.3. The first-order valence-corrected chi connectivity index (χ1v) is 3.67. The molecule has 15 heavy (non-hydrogen) atoms. The second-order valence-corrected chi connectivity index (χ2v) is 2.37. The number of aromatic nitrogens is 1. The Morgan fingerprint density at radius 2 is 2.40 bits per heavy atom. The predicted molar refractivity (Wildman–Crippen MR) is 48.8 cm³/mol. The van der Waals surface area contributed by atoms with Gasteiger partial charge in [-0.3, -0.25) is 10.1 Å². The van der Waals surface area contributed by atoms with E-state index < -0.39 is 29.5 Å². The van der Waals surface area contributed by atoms with Crippen LogP contribution in [0.2, 0.25) is 0 Å². The van der Waals surface area contributed by atoms with Crippen molar-refractivity contribution in [1.29, 1.82) is 0 Å². The number of pyridine rings is 1. The van der Waals surface area contributed by atoms with Gasteiger partial charge in [0.2, 0.25) is 0 Å². The summed E-state index contributed by atoms with van der Waals surface area (Å²) >= 11 is 0. The number of methoxy groups -OCH3 is 2. The Bertz CT molecular complexity index is 488. The van der Waals surface area contributed by atoms with Gasteiger partial charge in [0.05, 0.1) is 23.2 Å². The zero-order valence-electron chi connectivity index (χ0n) is 10.6. The average molecular weight is 215 g/mol. The van der Waals surface area contributed by atoms with E-state index in [4.69, 9.17) is 4.11 Å². The van der Waals surface area contributed by atoms with E-state index in [1.807, 2.05) is 0 Å². The average Bonchev–Trinajstić information content (AvgIpc) is 2.25. The van der Waals surface area contributed by atoms with E-state index in [1.54, 1.807) is 0 Å². The maximum atomic E-state index is 11.2. The molecule has 80 valence electrons. The fraction of sp³-hybridized carbons (Fsp3) is 0.250. The van der Waals surface area contributed by atoms with Crippen LogP contribution < -0.4 is 4.74 Å². The number of carbonyl (C=O) groups is 1. The van der Waals surface area contributed by atoms with E-state index in [9.17, 15) is 14.9 Å². The number of nitro groups is 1. The highest BCUT2D eigenvalue weighted by Gasteiger charge is 2.19. The predicted octanol–water partition coefficient (Wildman–Crippen LogP) is 0.785. The van der Waals surface area contributed by atoms with Gasteiger partial charge in [0.15, 0.2) is 5.69 Å². The molecule has 0 spiro atoms. The summed E-state index contributed by atoms with van der Waals surface area (Å²) in [6, 6.07) is 1.96. The summed E-state index contributed by atoms with van der Waals surface area (Å²) in [6.07, 6.45) is 0. The third-order valence-electron chi connectivity index (χ3n) is 1.53. The van der Waals surface area contributed by atoms with Gasteiger partial charge in [-0.2, -0.15) is 0 Å². The van der Waals surface area contributed by atoms with Crippen molar-refractivity contribution >= 4 is 11.7 Å². The van der Waals surface area contributed by atoms with E-state index in [2.05, 4.69) is 14.5 Å². The highest BCUT2D eigenvalue weighted by atomic mass is 16.6. The summed E-state index contributed by atoms with van der Waals surface area (Å²) in [5.41, 5.74) is -0.943. The minimum Gasteiger partial charge on any atom is -0.476 e. The highest BCUT2D eigenvalue weighted by molar-refractivity contribution is 5.87. The maximum absolute atomic E-state index is 11.2. The van der Waals surface area contributed by atoms with Crippen LogP contribution in [0.4, 0.5) is 5.69 Å². The molecular formula is C8H8N2O5. The standard InChI is InChI=1S/C8H8N2O5/c1-14-7-6(10(12)13)4-3-5(9-7)8(11)15-2/h3-4H,1-2H3/i1D3. The molecule has 0 saturated carbocycles. The Morgan fingerprint density at radius 3 is 2.93 bits per heavy atom. The lowest BCUT2D eigenvalue weighted by Crippen LogP contribution is -2.06. The fourth-order valence-corrected chi connectivity index (χ4v) is 0.865. The number of hydrogen-bond acceptors (Lipinski definition) is 6. The molecule has 7 heteroatoms. The minimum absolute atomic E-state index is 0.289. The molecular weight excluding hydrogens is 204 g/mol. The van der Waals surface area contributed by atoms with E-state index in [1.165, 1.54) is 0 Å². The molecule has 1 heterocycles. The molecule has 0 radical (unpaired) electrons. The Labute approximate surface area is 89.0 Å². The lowest BCUT2D eigenvalue weighted by molar-refractivity contribution is -0.386. The quantitative estimate of drug-likeness (QED) is 0.420. The molecule has 1 rings (SSSR count). The number of ether oxygens (including phenoxy) is 2. The molecule has 0 aliphatic rings. The largest absolute Gasteiger partial charge is 0.476 e. The topological polar surface area (TPSA) is 91.6 Å². The molecule has 0 aliphatic heterocycles. The van der Waals surface area contributed by atoms with Crippen LogP contribution in [0.5, 0.6) is 5.88 Å². The van der Waals surface area contributed by atoms with Gasteiger partial charge < -0.3 is 9.47 Å².